The number of hydrogen-bond donors (Lipinski definition) is 1. The first kappa shape index (κ1) is 23.3. The molecule has 0 heterocycles. The number of ether oxygens (including phenoxy) is 1. The molecule has 1 aromatic rings. The molecule has 0 bridgehead atoms. The summed E-state index contributed by atoms with van der Waals surface area (Å²) < 4.78 is 6.14. The number of aliphatic hydroxyl groups is 1. The average Bonchev–Trinajstić information content (AvgIpc) is 3.06. The molecule has 33 heavy (non-hydrogen) atoms. The summed E-state index contributed by atoms with van der Waals surface area (Å²) in [5.74, 6) is 1.29. The van der Waals surface area contributed by atoms with Gasteiger partial charge in [0, 0.05) is 18.3 Å². The lowest BCUT2D eigenvalue weighted by Crippen LogP contribution is -2.54. The number of benzene rings is 1. The maximum atomic E-state index is 12.7. The molecule has 0 aromatic heterocycles. The van der Waals surface area contributed by atoms with Crippen molar-refractivity contribution < 1.29 is 14.6 Å². The minimum atomic E-state index is -1.06. The fourth-order valence-electron chi connectivity index (χ4n) is 8.49. The Labute approximate surface area is 200 Å². The summed E-state index contributed by atoms with van der Waals surface area (Å²) in [7, 11) is 0. The van der Waals surface area contributed by atoms with Crippen LogP contribution in [0.5, 0.6) is 0 Å². The maximum absolute atomic E-state index is 12.7. The normalized spacial score (nSPS) is 44.4. The number of aryl methyl sites for hydroxylation is 1. The van der Waals surface area contributed by atoms with Crippen LogP contribution in [0.25, 0.3) is 0 Å². The van der Waals surface area contributed by atoms with E-state index in [1.54, 1.807) is 0 Å². The van der Waals surface area contributed by atoms with Crippen molar-refractivity contribution in [3.8, 4) is 0 Å². The average molecular weight is 451 g/mol. The van der Waals surface area contributed by atoms with E-state index in [1.165, 1.54) is 24.0 Å². The number of ketones is 1. The van der Waals surface area contributed by atoms with Gasteiger partial charge in [-0.05, 0) is 86.5 Å². The Hall–Kier alpha value is -1.45. The zero-order chi connectivity index (χ0) is 23.6. The Morgan fingerprint density at radius 3 is 2.42 bits per heavy atom. The van der Waals surface area contributed by atoms with Gasteiger partial charge < -0.3 is 9.84 Å². The van der Waals surface area contributed by atoms with Gasteiger partial charge in [-0.25, -0.2) is 0 Å². The Morgan fingerprint density at radius 1 is 1.03 bits per heavy atom. The third-order valence-corrected chi connectivity index (χ3v) is 11.1. The molecule has 1 N–H and O–H groups in total. The van der Waals surface area contributed by atoms with Crippen LogP contribution < -0.4 is 0 Å². The Morgan fingerprint density at radius 2 is 1.73 bits per heavy atom. The zero-order valence-electron chi connectivity index (χ0n) is 21.2. The van der Waals surface area contributed by atoms with Crippen LogP contribution in [0.15, 0.2) is 35.9 Å². The summed E-state index contributed by atoms with van der Waals surface area (Å²) in [6.07, 6.45) is 10.5. The molecule has 0 aliphatic heterocycles. The molecule has 5 rings (SSSR count). The molecule has 3 fully saturated rings. The third kappa shape index (κ3) is 3.48. The van der Waals surface area contributed by atoms with Crippen molar-refractivity contribution in [1.82, 2.24) is 0 Å². The van der Waals surface area contributed by atoms with E-state index in [0.29, 0.717) is 43.0 Å². The third-order valence-electron chi connectivity index (χ3n) is 11.1. The van der Waals surface area contributed by atoms with Crippen LogP contribution in [0.1, 0.15) is 90.2 Å². The summed E-state index contributed by atoms with van der Waals surface area (Å²) in [6, 6.07) is 8.37. The molecule has 3 nitrogen and oxygen atoms in total. The van der Waals surface area contributed by atoms with Crippen LogP contribution in [-0.4, -0.2) is 16.7 Å². The Balaban J connectivity index is 1.34. The van der Waals surface area contributed by atoms with Crippen LogP contribution in [0, 0.1) is 40.9 Å². The number of rotatable bonds is 4. The molecule has 0 radical (unpaired) electrons. The van der Waals surface area contributed by atoms with Gasteiger partial charge in [0.25, 0.3) is 0 Å². The van der Waals surface area contributed by atoms with E-state index < -0.39 is 5.79 Å². The lowest BCUT2D eigenvalue weighted by molar-refractivity contribution is -0.231. The van der Waals surface area contributed by atoms with Gasteiger partial charge in [0.15, 0.2) is 5.79 Å². The highest BCUT2D eigenvalue weighted by atomic mass is 16.6. The van der Waals surface area contributed by atoms with Crippen LogP contribution in [-0.2, 0) is 16.1 Å². The lowest BCUT2D eigenvalue weighted by atomic mass is 9.45. The smallest absolute Gasteiger partial charge is 0.169 e. The summed E-state index contributed by atoms with van der Waals surface area (Å²) in [6.45, 7) is 11.5. The first-order valence-corrected chi connectivity index (χ1v) is 13.1. The second kappa shape index (κ2) is 7.78. The Kier molecular flexibility index (Phi) is 5.49. The second-order valence-electron chi connectivity index (χ2n) is 12.5. The molecule has 4 aliphatic carbocycles. The number of fused-ring (bicyclic) bond motifs is 5. The standard InChI is InChI=1S/C30H42O3/c1-20-6-8-22(9-7-20)19-33-30(32)17-16-27(3)23(18-30)10-11-24-25(27)12-15-29(5)26(24)13-14-28(29,4)21(2)31/h6-10,24-26,32H,11-19H2,1-5H3/t24?,25?,26?,27-,28+,29-,30-/m0/s1. The fraction of sp³-hybridized carbons (Fsp3) is 0.700. The predicted molar refractivity (Wildman–Crippen MR) is 131 cm³/mol. The highest BCUT2D eigenvalue weighted by Gasteiger charge is 2.64. The quantitative estimate of drug-likeness (QED) is 0.407. The van der Waals surface area contributed by atoms with E-state index in [2.05, 4.69) is 58.0 Å². The van der Waals surface area contributed by atoms with Gasteiger partial charge in [0.1, 0.15) is 5.78 Å². The maximum Gasteiger partial charge on any atom is 0.169 e. The Bertz CT molecular complexity index is 963. The number of carbonyl (C=O) groups is 1. The molecular weight excluding hydrogens is 408 g/mol. The van der Waals surface area contributed by atoms with E-state index in [-0.39, 0.29) is 16.2 Å². The SMILES string of the molecule is CC(=O)[C@@]1(C)CCC2C3CC=C4C[C@@](O)(OCc5ccc(C)cc5)CC[C@]4(C)C3CC[C@@]21C. The monoisotopic (exact) mass is 450 g/mol. The molecule has 3 heteroatoms. The highest BCUT2D eigenvalue weighted by Crippen LogP contribution is 2.70. The summed E-state index contributed by atoms with van der Waals surface area (Å²) in [5.41, 5.74) is 3.89. The fourth-order valence-corrected chi connectivity index (χ4v) is 8.49. The van der Waals surface area contributed by atoms with Gasteiger partial charge in [0.2, 0.25) is 0 Å². The van der Waals surface area contributed by atoms with Gasteiger partial charge in [-0.2, -0.15) is 0 Å². The number of allylic oxidation sites excluding steroid dienone is 1. The summed E-state index contributed by atoms with van der Waals surface area (Å²) in [4.78, 5) is 12.7. The number of Topliss-reactive ketones (excluding diaryl/α,β-unsaturated/α-hetero) is 1. The molecule has 7 atom stereocenters. The molecule has 0 saturated heterocycles. The van der Waals surface area contributed by atoms with Crippen molar-refractivity contribution in [3.05, 3.63) is 47.0 Å². The van der Waals surface area contributed by atoms with Crippen molar-refractivity contribution >= 4 is 5.78 Å². The minimum absolute atomic E-state index is 0.133. The molecule has 3 unspecified atom stereocenters. The minimum Gasteiger partial charge on any atom is -0.365 e. The molecule has 1 aromatic carbocycles. The summed E-state index contributed by atoms with van der Waals surface area (Å²) >= 11 is 0. The van der Waals surface area contributed by atoms with Crippen molar-refractivity contribution in [2.45, 2.75) is 98.4 Å². The van der Waals surface area contributed by atoms with Gasteiger partial charge >= 0.3 is 0 Å². The number of carbonyl (C=O) groups excluding carboxylic acids is 1. The van der Waals surface area contributed by atoms with E-state index in [4.69, 9.17) is 4.74 Å². The van der Waals surface area contributed by atoms with Crippen molar-refractivity contribution in [3.63, 3.8) is 0 Å². The van der Waals surface area contributed by atoms with Gasteiger partial charge in [0.05, 0.1) is 6.61 Å². The zero-order valence-corrected chi connectivity index (χ0v) is 21.2. The highest BCUT2D eigenvalue weighted by molar-refractivity contribution is 5.83. The molecule has 4 aliphatic rings. The van der Waals surface area contributed by atoms with Crippen LogP contribution >= 0.6 is 0 Å². The first-order valence-electron chi connectivity index (χ1n) is 13.1. The van der Waals surface area contributed by atoms with Crippen molar-refractivity contribution in [2.24, 2.45) is 34.0 Å². The molecule has 3 saturated carbocycles. The molecule has 0 amide bonds. The van der Waals surface area contributed by atoms with Crippen molar-refractivity contribution in [2.75, 3.05) is 0 Å². The predicted octanol–water partition coefficient (Wildman–Crippen LogP) is 6.76. The van der Waals surface area contributed by atoms with Crippen LogP contribution in [0.2, 0.25) is 0 Å². The van der Waals surface area contributed by atoms with Crippen molar-refractivity contribution in [1.29, 1.82) is 0 Å². The second-order valence-corrected chi connectivity index (χ2v) is 12.5. The summed E-state index contributed by atoms with van der Waals surface area (Å²) in [5, 5.41) is 11.4. The van der Waals surface area contributed by atoms with Gasteiger partial charge in [-0.1, -0.05) is 62.2 Å². The first-order chi connectivity index (χ1) is 15.5. The lowest BCUT2D eigenvalue weighted by Gasteiger charge is -2.60. The van der Waals surface area contributed by atoms with E-state index in [9.17, 15) is 9.90 Å². The van der Waals surface area contributed by atoms with Crippen LogP contribution in [0.4, 0.5) is 0 Å². The molecular formula is C30H42O3. The van der Waals surface area contributed by atoms with Gasteiger partial charge in [-0.3, -0.25) is 4.79 Å². The van der Waals surface area contributed by atoms with Gasteiger partial charge in [-0.15, -0.1) is 0 Å². The topological polar surface area (TPSA) is 46.5 Å². The largest absolute Gasteiger partial charge is 0.365 e. The van der Waals surface area contributed by atoms with E-state index in [1.807, 2.05) is 6.92 Å². The molecule has 180 valence electrons. The molecule has 0 spiro atoms. The number of hydrogen-bond acceptors (Lipinski definition) is 3. The van der Waals surface area contributed by atoms with E-state index in [0.717, 1.165) is 31.2 Å². The van der Waals surface area contributed by atoms with Crippen LogP contribution in [0.3, 0.4) is 0 Å². The van der Waals surface area contributed by atoms with E-state index >= 15 is 0 Å².